The molecule has 0 aromatic heterocycles. The Morgan fingerprint density at radius 2 is 1.84 bits per heavy atom. The Hall–Kier alpha value is -1.93. The Bertz CT molecular complexity index is 851. The van der Waals surface area contributed by atoms with Crippen molar-refractivity contribution in [3.05, 3.63) is 58.6 Å². The molecule has 2 rings (SSSR count). The van der Waals surface area contributed by atoms with Gasteiger partial charge in [0.05, 0.1) is 11.5 Å². The number of carbonyl (C=O) groups is 1. The number of aryl methyl sites for hydroxylation is 1. The fourth-order valence-corrected chi connectivity index (χ4v) is 3.32. The number of rotatable bonds is 7. The van der Waals surface area contributed by atoms with Crippen LogP contribution in [0.3, 0.4) is 0 Å². The zero-order valence-corrected chi connectivity index (χ0v) is 15.4. The molecule has 0 saturated heterocycles. The van der Waals surface area contributed by atoms with Gasteiger partial charge >= 0.3 is 0 Å². The fourth-order valence-electron chi connectivity index (χ4n) is 2.10. The van der Waals surface area contributed by atoms with Crippen LogP contribution in [0.5, 0.6) is 0 Å². The van der Waals surface area contributed by atoms with Crippen molar-refractivity contribution in [2.45, 2.75) is 11.8 Å². The predicted octanol–water partition coefficient (Wildman–Crippen LogP) is 2.83. The van der Waals surface area contributed by atoms with Gasteiger partial charge in [0, 0.05) is 29.9 Å². The molecule has 2 aromatic rings. The average molecular weight is 383 g/mol. The van der Waals surface area contributed by atoms with E-state index in [0.29, 0.717) is 21.8 Å². The quantitative estimate of drug-likeness (QED) is 0.721. The van der Waals surface area contributed by atoms with Crippen LogP contribution in [0.15, 0.2) is 47.4 Å². The summed E-state index contributed by atoms with van der Waals surface area (Å²) < 4.78 is 31.6. The lowest BCUT2D eigenvalue weighted by molar-refractivity contribution is 0.102. The Labute approximate surface area is 152 Å². The van der Waals surface area contributed by atoms with Crippen molar-refractivity contribution < 1.29 is 17.9 Å². The van der Waals surface area contributed by atoms with Crippen LogP contribution in [0.4, 0.5) is 5.69 Å². The number of amides is 1. The molecule has 0 aliphatic carbocycles. The van der Waals surface area contributed by atoms with Crippen molar-refractivity contribution in [2.75, 3.05) is 25.6 Å². The highest BCUT2D eigenvalue weighted by atomic mass is 35.5. The van der Waals surface area contributed by atoms with Gasteiger partial charge in [0.1, 0.15) is 0 Å². The lowest BCUT2D eigenvalue weighted by Gasteiger charge is -2.11. The summed E-state index contributed by atoms with van der Waals surface area (Å²) in [6.45, 7) is 2.20. The number of sulfonamides is 1. The summed E-state index contributed by atoms with van der Waals surface area (Å²) in [5.41, 5.74) is 1.63. The van der Waals surface area contributed by atoms with E-state index in [-0.39, 0.29) is 24.0 Å². The standard InChI is InChI=1S/C17H19ClN2O4S/c1-12-11-15(25(22,23)19-9-10-24-2)7-8-16(12)20-17(21)13-3-5-14(18)6-4-13/h3-8,11,19H,9-10H2,1-2H3,(H,20,21). The van der Waals surface area contributed by atoms with Crippen molar-refractivity contribution in [3.8, 4) is 0 Å². The number of methoxy groups -OCH3 is 1. The van der Waals surface area contributed by atoms with Gasteiger partial charge in [0.15, 0.2) is 0 Å². The lowest BCUT2D eigenvalue weighted by Crippen LogP contribution is -2.27. The molecule has 6 nitrogen and oxygen atoms in total. The van der Waals surface area contributed by atoms with Gasteiger partial charge in [0.2, 0.25) is 10.0 Å². The third kappa shape index (κ3) is 5.27. The summed E-state index contributed by atoms with van der Waals surface area (Å²) in [6.07, 6.45) is 0. The van der Waals surface area contributed by atoms with E-state index in [4.69, 9.17) is 16.3 Å². The molecule has 2 aromatic carbocycles. The number of hydrogen-bond acceptors (Lipinski definition) is 4. The average Bonchev–Trinajstić information content (AvgIpc) is 2.57. The first-order valence-corrected chi connectivity index (χ1v) is 9.36. The van der Waals surface area contributed by atoms with Crippen LogP contribution in [0.2, 0.25) is 5.02 Å². The van der Waals surface area contributed by atoms with Crippen molar-refractivity contribution >= 4 is 33.2 Å². The molecule has 0 bridgehead atoms. The molecule has 0 radical (unpaired) electrons. The molecular weight excluding hydrogens is 364 g/mol. The topological polar surface area (TPSA) is 84.5 Å². The molecule has 0 atom stereocenters. The van der Waals surface area contributed by atoms with E-state index in [0.717, 1.165) is 0 Å². The third-order valence-electron chi connectivity index (χ3n) is 3.46. The number of halogens is 1. The first-order valence-electron chi connectivity index (χ1n) is 7.49. The van der Waals surface area contributed by atoms with E-state index in [9.17, 15) is 13.2 Å². The smallest absolute Gasteiger partial charge is 0.255 e. The van der Waals surface area contributed by atoms with Gasteiger partial charge in [0.25, 0.3) is 5.91 Å². The second kappa shape index (κ2) is 8.44. The fraction of sp³-hybridized carbons (Fsp3) is 0.235. The first-order chi connectivity index (χ1) is 11.8. The van der Waals surface area contributed by atoms with Crippen LogP contribution in [0.25, 0.3) is 0 Å². The van der Waals surface area contributed by atoms with Crippen molar-refractivity contribution in [3.63, 3.8) is 0 Å². The van der Waals surface area contributed by atoms with Crippen LogP contribution >= 0.6 is 11.6 Å². The zero-order valence-electron chi connectivity index (χ0n) is 13.9. The van der Waals surface area contributed by atoms with E-state index in [1.165, 1.54) is 19.2 Å². The number of hydrogen-bond donors (Lipinski definition) is 2. The maximum atomic E-state index is 12.2. The predicted molar refractivity (Wildman–Crippen MR) is 97.6 cm³/mol. The Balaban J connectivity index is 2.13. The molecule has 2 N–H and O–H groups in total. The molecule has 0 fully saturated rings. The highest BCUT2D eigenvalue weighted by molar-refractivity contribution is 7.89. The second-order valence-corrected chi connectivity index (χ2v) is 7.53. The van der Waals surface area contributed by atoms with E-state index in [1.807, 2.05) is 0 Å². The summed E-state index contributed by atoms with van der Waals surface area (Å²) in [7, 11) is -2.12. The van der Waals surface area contributed by atoms with Gasteiger partial charge in [-0.2, -0.15) is 0 Å². The van der Waals surface area contributed by atoms with Gasteiger partial charge in [-0.1, -0.05) is 11.6 Å². The number of benzene rings is 2. The minimum Gasteiger partial charge on any atom is -0.383 e. The van der Waals surface area contributed by atoms with E-state index in [1.54, 1.807) is 37.3 Å². The lowest BCUT2D eigenvalue weighted by atomic mass is 10.1. The molecule has 8 heteroatoms. The molecule has 0 aliphatic heterocycles. The van der Waals surface area contributed by atoms with Crippen LogP contribution in [-0.4, -0.2) is 34.6 Å². The molecule has 0 heterocycles. The van der Waals surface area contributed by atoms with E-state index in [2.05, 4.69) is 10.0 Å². The molecule has 0 aliphatic rings. The number of nitrogens with one attached hydrogen (secondary N) is 2. The van der Waals surface area contributed by atoms with Gasteiger partial charge in [-0.3, -0.25) is 4.79 Å². The molecule has 134 valence electrons. The van der Waals surface area contributed by atoms with Crippen molar-refractivity contribution in [2.24, 2.45) is 0 Å². The van der Waals surface area contributed by atoms with Crippen LogP contribution in [0, 0.1) is 6.92 Å². The minimum absolute atomic E-state index is 0.130. The molecule has 0 spiro atoms. The van der Waals surface area contributed by atoms with E-state index >= 15 is 0 Å². The van der Waals surface area contributed by atoms with Crippen LogP contribution in [-0.2, 0) is 14.8 Å². The highest BCUT2D eigenvalue weighted by Gasteiger charge is 2.15. The van der Waals surface area contributed by atoms with Crippen molar-refractivity contribution in [1.29, 1.82) is 0 Å². The summed E-state index contributed by atoms with van der Waals surface area (Å²) >= 11 is 5.80. The zero-order chi connectivity index (χ0) is 18.4. The minimum atomic E-state index is -3.61. The van der Waals surface area contributed by atoms with Gasteiger partial charge in [-0.25, -0.2) is 13.1 Å². The normalized spacial score (nSPS) is 11.3. The monoisotopic (exact) mass is 382 g/mol. The SMILES string of the molecule is COCCNS(=O)(=O)c1ccc(NC(=O)c2ccc(Cl)cc2)c(C)c1. The second-order valence-electron chi connectivity index (χ2n) is 5.33. The van der Waals surface area contributed by atoms with Crippen LogP contribution < -0.4 is 10.0 Å². The molecule has 0 unspecified atom stereocenters. The Morgan fingerprint density at radius 3 is 2.44 bits per heavy atom. The summed E-state index contributed by atoms with van der Waals surface area (Å²) in [4.78, 5) is 12.4. The van der Waals surface area contributed by atoms with E-state index < -0.39 is 10.0 Å². The molecule has 0 saturated carbocycles. The van der Waals surface area contributed by atoms with Gasteiger partial charge < -0.3 is 10.1 Å². The molecule has 1 amide bonds. The van der Waals surface area contributed by atoms with Gasteiger partial charge in [-0.15, -0.1) is 0 Å². The first kappa shape index (κ1) is 19.4. The summed E-state index contributed by atoms with van der Waals surface area (Å²) in [5, 5.41) is 3.30. The third-order valence-corrected chi connectivity index (χ3v) is 5.17. The Morgan fingerprint density at radius 1 is 1.16 bits per heavy atom. The van der Waals surface area contributed by atoms with Gasteiger partial charge in [-0.05, 0) is 55.0 Å². The maximum Gasteiger partial charge on any atom is 0.255 e. The van der Waals surface area contributed by atoms with Crippen molar-refractivity contribution in [1.82, 2.24) is 4.72 Å². The Kier molecular flexibility index (Phi) is 6.55. The molecular formula is C17H19ClN2O4S. The summed E-state index contributed by atoms with van der Waals surface area (Å²) in [6, 6.07) is 11.0. The summed E-state index contributed by atoms with van der Waals surface area (Å²) in [5.74, 6) is -0.298. The molecule has 25 heavy (non-hydrogen) atoms. The van der Waals surface area contributed by atoms with Crippen LogP contribution in [0.1, 0.15) is 15.9 Å². The number of anilines is 1. The number of carbonyl (C=O) groups excluding carboxylic acids is 1. The maximum absolute atomic E-state index is 12.2. The largest absolute Gasteiger partial charge is 0.383 e. The highest BCUT2D eigenvalue weighted by Crippen LogP contribution is 2.20. The number of ether oxygens (including phenoxy) is 1.